The van der Waals surface area contributed by atoms with Crippen molar-refractivity contribution in [3.63, 3.8) is 0 Å². The molecule has 0 spiro atoms. The fourth-order valence-corrected chi connectivity index (χ4v) is 1.83. The van der Waals surface area contributed by atoms with Gasteiger partial charge in [-0.25, -0.2) is 0 Å². The second kappa shape index (κ2) is 5.77. The normalized spacial score (nSPS) is 19.3. The van der Waals surface area contributed by atoms with Crippen LogP contribution in [-0.4, -0.2) is 17.1 Å². The van der Waals surface area contributed by atoms with Crippen LogP contribution in [0, 0.1) is 10.8 Å². The van der Waals surface area contributed by atoms with E-state index in [1.165, 1.54) is 0 Å². The Balaban J connectivity index is 4.15. The van der Waals surface area contributed by atoms with Gasteiger partial charge in [-0.1, -0.05) is 41.5 Å². The van der Waals surface area contributed by atoms with Crippen LogP contribution < -0.4 is 0 Å². The average molecular weight is 250 g/mol. The SMILES string of the molecule is CC(OP(O)OC(C)C(C)(C)C)C(C)(C)C. The van der Waals surface area contributed by atoms with Crippen molar-refractivity contribution in [2.45, 2.75) is 67.6 Å². The van der Waals surface area contributed by atoms with Crippen molar-refractivity contribution in [3.8, 4) is 0 Å². The average Bonchev–Trinajstić information content (AvgIpc) is 1.99. The van der Waals surface area contributed by atoms with Gasteiger partial charge in [-0.2, -0.15) is 0 Å². The predicted molar refractivity (Wildman–Crippen MR) is 69.1 cm³/mol. The first-order valence-electron chi connectivity index (χ1n) is 5.77. The van der Waals surface area contributed by atoms with Gasteiger partial charge in [0.25, 0.3) is 0 Å². The second-order valence-electron chi connectivity index (χ2n) is 6.47. The molecule has 1 N–H and O–H groups in total. The van der Waals surface area contributed by atoms with Gasteiger partial charge in [-0.15, -0.1) is 0 Å². The zero-order valence-corrected chi connectivity index (χ0v) is 12.8. The van der Waals surface area contributed by atoms with E-state index in [9.17, 15) is 4.89 Å². The Morgan fingerprint density at radius 2 is 1.06 bits per heavy atom. The highest BCUT2D eigenvalue weighted by molar-refractivity contribution is 7.40. The van der Waals surface area contributed by atoms with Gasteiger partial charge >= 0.3 is 8.60 Å². The molecule has 3 nitrogen and oxygen atoms in total. The molecule has 0 saturated carbocycles. The Morgan fingerprint density at radius 1 is 0.812 bits per heavy atom. The van der Waals surface area contributed by atoms with Crippen LogP contribution in [0.5, 0.6) is 0 Å². The molecule has 98 valence electrons. The second-order valence-corrected chi connectivity index (χ2v) is 7.36. The van der Waals surface area contributed by atoms with Crippen LogP contribution >= 0.6 is 8.60 Å². The molecule has 0 amide bonds. The molecule has 0 aliphatic carbocycles. The maximum Gasteiger partial charge on any atom is 0.330 e. The molecule has 16 heavy (non-hydrogen) atoms. The Kier molecular flexibility index (Phi) is 5.88. The summed E-state index contributed by atoms with van der Waals surface area (Å²) in [5.74, 6) is 0. The molecule has 2 atom stereocenters. The van der Waals surface area contributed by atoms with Crippen LogP contribution in [-0.2, 0) is 9.05 Å². The third-order valence-corrected chi connectivity index (χ3v) is 3.93. The lowest BCUT2D eigenvalue weighted by atomic mass is 9.91. The molecule has 0 heterocycles. The van der Waals surface area contributed by atoms with Crippen molar-refractivity contribution in [2.75, 3.05) is 0 Å². The Morgan fingerprint density at radius 3 is 1.25 bits per heavy atom. The third kappa shape index (κ3) is 6.15. The number of rotatable bonds is 4. The molecule has 0 bridgehead atoms. The molecule has 0 radical (unpaired) electrons. The summed E-state index contributed by atoms with van der Waals surface area (Å²) in [6.07, 6.45) is -0.0634. The first kappa shape index (κ1) is 16.3. The van der Waals surface area contributed by atoms with Crippen LogP contribution in [0.3, 0.4) is 0 Å². The monoisotopic (exact) mass is 250 g/mol. The fraction of sp³-hybridized carbons (Fsp3) is 1.00. The quantitative estimate of drug-likeness (QED) is 0.763. The minimum atomic E-state index is -1.79. The standard InChI is InChI=1S/C12H27O3P/c1-9(11(3,4)5)14-16(13)15-10(2)12(6,7)8/h9-10,13H,1-8H3. The van der Waals surface area contributed by atoms with Gasteiger partial charge in [-0.3, -0.25) is 0 Å². The predicted octanol–water partition coefficient (Wildman–Crippen LogP) is 4.11. The topological polar surface area (TPSA) is 38.7 Å². The summed E-state index contributed by atoms with van der Waals surface area (Å²) in [6.45, 7) is 16.4. The van der Waals surface area contributed by atoms with Crippen molar-refractivity contribution in [3.05, 3.63) is 0 Å². The summed E-state index contributed by atoms with van der Waals surface area (Å²) in [4.78, 5) is 9.74. The summed E-state index contributed by atoms with van der Waals surface area (Å²) in [6, 6.07) is 0. The van der Waals surface area contributed by atoms with Gasteiger partial charge in [0, 0.05) is 0 Å². The smallest absolute Gasteiger partial charge is 0.328 e. The largest absolute Gasteiger partial charge is 0.330 e. The summed E-state index contributed by atoms with van der Waals surface area (Å²) in [5.41, 5.74) is 0.0231. The van der Waals surface area contributed by atoms with E-state index in [2.05, 4.69) is 41.5 Å². The Hall–Kier alpha value is 0.310. The summed E-state index contributed by atoms with van der Waals surface area (Å²) >= 11 is 0. The van der Waals surface area contributed by atoms with Gasteiger partial charge in [0.1, 0.15) is 0 Å². The molecule has 0 aliphatic heterocycles. The first-order valence-corrected chi connectivity index (χ1v) is 6.90. The third-order valence-electron chi connectivity index (χ3n) is 2.94. The Labute approximate surface area is 102 Å². The van der Waals surface area contributed by atoms with Gasteiger partial charge < -0.3 is 13.9 Å². The van der Waals surface area contributed by atoms with Gasteiger partial charge in [-0.05, 0) is 24.7 Å². The summed E-state index contributed by atoms with van der Waals surface area (Å²) in [5, 5.41) is 0. The van der Waals surface area contributed by atoms with Gasteiger partial charge in [0.15, 0.2) is 0 Å². The zero-order chi connectivity index (χ0) is 13.1. The molecule has 0 aromatic rings. The van der Waals surface area contributed by atoms with Crippen molar-refractivity contribution >= 4 is 8.60 Å². The molecule has 0 aromatic carbocycles. The maximum absolute atomic E-state index is 9.74. The van der Waals surface area contributed by atoms with Gasteiger partial charge in [0.05, 0.1) is 12.2 Å². The molecular weight excluding hydrogens is 223 g/mol. The minimum absolute atomic E-state index is 0.0116. The summed E-state index contributed by atoms with van der Waals surface area (Å²) in [7, 11) is -1.79. The molecule has 0 aliphatic rings. The van der Waals surface area contributed by atoms with E-state index in [-0.39, 0.29) is 23.0 Å². The Bertz CT molecular complexity index is 183. The van der Waals surface area contributed by atoms with Crippen molar-refractivity contribution < 1.29 is 13.9 Å². The molecule has 0 fully saturated rings. The molecule has 0 aromatic heterocycles. The van der Waals surface area contributed by atoms with Gasteiger partial charge in [0.2, 0.25) is 0 Å². The summed E-state index contributed by atoms with van der Waals surface area (Å²) < 4.78 is 11.0. The van der Waals surface area contributed by atoms with E-state index in [1.807, 2.05) is 13.8 Å². The van der Waals surface area contributed by atoms with Crippen molar-refractivity contribution in [1.29, 1.82) is 0 Å². The molecule has 0 saturated heterocycles. The zero-order valence-electron chi connectivity index (χ0n) is 11.9. The fourth-order valence-electron chi connectivity index (χ4n) is 0.612. The molecular formula is C12H27O3P. The van der Waals surface area contributed by atoms with E-state index in [4.69, 9.17) is 9.05 Å². The molecule has 4 heteroatoms. The lowest BCUT2D eigenvalue weighted by Gasteiger charge is -2.32. The van der Waals surface area contributed by atoms with Crippen LogP contribution in [0.4, 0.5) is 0 Å². The molecule has 2 unspecified atom stereocenters. The van der Waals surface area contributed by atoms with Crippen LogP contribution in [0.25, 0.3) is 0 Å². The van der Waals surface area contributed by atoms with Crippen LogP contribution in [0.15, 0.2) is 0 Å². The van der Waals surface area contributed by atoms with Crippen LogP contribution in [0.2, 0.25) is 0 Å². The lowest BCUT2D eigenvalue weighted by Crippen LogP contribution is -2.27. The van der Waals surface area contributed by atoms with E-state index >= 15 is 0 Å². The first-order chi connectivity index (χ1) is 6.94. The van der Waals surface area contributed by atoms with E-state index in [0.717, 1.165) is 0 Å². The van der Waals surface area contributed by atoms with E-state index in [0.29, 0.717) is 0 Å². The highest BCUT2D eigenvalue weighted by Gasteiger charge is 2.28. The highest BCUT2D eigenvalue weighted by atomic mass is 31.2. The number of hydrogen-bond donors (Lipinski definition) is 1. The maximum atomic E-state index is 9.74. The van der Waals surface area contributed by atoms with Crippen LogP contribution in [0.1, 0.15) is 55.4 Å². The molecule has 0 rings (SSSR count). The number of hydrogen-bond acceptors (Lipinski definition) is 3. The van der Waals surface area contributed by atoms with Crippen molar-refractivity contribution in [1.82, 2.24) is 0 Å². The highest BCUT2D eigenvalue weighted by Crippen LogP contribution is 2.42. The van der Waals surface area contributed by atoms with Crippen molar-refractivity contribution in [2.24, 2.45) is 10.8 Å². The lowest BCUT2D eigenvalue weighted by molar-refractivity contribution is 0.0370. The van der Waals surface area contributed by atoms with E-state index in [1.54, 1.807) is 0 Å². The van der Waals surface area contributed by atoms with E-state index < -0.39 is 8.60 Å². The minimum Gasteiger partial charge on any atom is -0.328 e.